The van der Waals surface area contributed by atoms with E-state index in [1.54, 1.807) is 0 Å². The zero-order valence-electron chi connectivity index (χ0n) is 12.9. The number of hydrogen-bond donors (Lipinski definition) is 0. The second-order valence-corrected chi connectivity index (χ2v) is 29.3. The molecular formula is C13H30MgZn. The van der Waals surface area contributed by atoms with E-state index in [0.717, 1.165) is 0 Å². The quantitative estimate of drug-likeness (QED) is 0.515. The van der Waals surface area contributed by atoms with E-state index < -0.39 is 14.8 Å². The van der Waals surface area contributed by atoms with Crippen molar-refractivity contribution >= 4 is 23.1 Å². The van der Waals surface area contributed by atoms with Crippen LogP contribution in [0.4, 0.5) is 0 Å². The minimum Gasteiger partial charge on any atom is 2.00 e. The Labute approximate surface area is 117 Å². The van der Waals surface area contributed by atoms with Crippen molar-refractivity contribution in [2.75, 3.05) is 0 Å². The van der Waals surface area contributed by atoms with Crippen LogP contribution in [0.3, 0.4) is 0 Å². The predicted octanol–water partition coefficient (Wildman–Crippen LogP) is 5.46. The third-order valence-corrected chi connectivity index (χ3v) is 33.1. The molecule has 0 atom stereocenters. The third-order valence-electron chi connectivity index (χ3n) is 6.36. The second-order valence-electron chi connectivity index (χ2n) is 9.27. The summed E-state index contributed by atoms with van der Waals surface area (Å²) in [6, 6.07) is 0. The second kappa shape index (κ2) is 4.94. The SMILES string of the molecule is C[C](C)(C)[Zn-2]([CH3])([C](C)(C)C)[C](C)(C)C.[Mg+2]. The molecule has 0 saturated carbocycles. The molecule has 0 heterocycles. The Morgan fingerprint density at radius 1 is 0.533 bits per heavy atom. The van der Waals surface area contributed by atoms with Crippen molar-refractivity contribution in [3.63, 3.8) is 0 Å². The van der Waals surface area contributed by atoms with E-state index in [0.29, 0.717) is 12.0 Å². The number of rotatable bonds is 0. The first-order chi connectivity index (χ1) is 5.75. The molecule has 0 rings (SSSR count). The molecule has 0 fully saturated rings. The molecule has 0 aliphatic carbocycles. The van der Waals surface area contributed by atoms with Crippen molar-refractivity contribution in [1.82, 2.24) is 0 Å². The van der Waals surface area contributed by atoms with Crippen LogP contribution in [0.5, 0.6) is 0 Å². The van der Waals surface area contributed by atoms with Crippen LogP contribution in [-0.4, -0.2) is 23.1 Å². The number of hydrogen-bond acceptors (Lipinski definition) is 0. The molecule has 2 heteroatoms. The van der Waals surface area contributed by atoms with Gasteiger partial charge in [-0.25, -0.2) is 0 Å². The molecule has 86 valence electrons. The Bertz CT molecular complexity index is 164. The first kappa shape index (κ1) is 18.7. The fourth-order valence-corrected chi connectivity index (χ4v) is 24.8. The van der Waals surface area contributed by atoms with E-state index in [1.165, 1.54) is 0 Å². The van der Waals surface area contributed by atoms with Crippen molar-refractivity contribution in [1.29, 1.82) is 0 Å². The van der Waals surface area contributed by atoms with Crippen LogP contribution in [-0.2, 0) is 14.8 Å². The van der Waals surface area contributed by atoms with Gasteiger partial charge in [-0.2, -0.15) is 0 Å². The minimum absolute atomic E-state index is 0. The van der Waals surface area contributed by atoms with Gasteiger partial charge in [-0.15, -0.1) is 0 Å². The van der Waals surface area contributed by atoms with Crippen LogP contribution < -0.4 is 0 Å². The van der Waals surface area contributed by atoms with Gasteiger partial charge in [0.15, 0.2) is 0 Å². The molecule has 0 saturated heterocycles. The molecule has 0 aliphatic heterocycles. The molecule has 0 bridgehead atoms. The molecular weight excluding hydrogens is 246 g/mol. The third kappa shape index (κ3) is 3.42. The van der Waals surface area contributed by atoms with Gasteiger partial charge in [0.1, 0.15) is 0 Å². The fraction of sp³-hybridized carbons (Fsp3) is 1.00. The molecule has 0 aromatic heterocycles. The minimum atomic E-state index is -2.31. The molecule has 0 spiro atoms. The van der Waals surface area contributed by atoms with Gasteiger partial charge in [-0.3, -0.25) is 0 Å². The molecule has 0 radical (unpaired) electrons. The van der Waals surface area contributed by atoms with Crippen LogP contribution in [0.15, 0.2) is 0 Å². The molecule has 0 nitrogen and oxygen atoms in total. The van der Waals surface area contributed by atoms with Gasteiger partial charge in [0.25, 0.3) is 0 Å². The summed E-state index contributed by atoms with van der Waals surface area (Å²) in [7, 11) is 0. The molecule has 0 amide bonds. The van der Waals surface area contributed by atoms with E-state index in [1.807, 2.05) is 0 Å². The Kier molecular flexibility index (Phi) is 6.18. The largest absolute Gasteiger partial charge is 2.00 e. The fourth-order valence-electron chi connectivity index (χ4n) is 4.77. The van der Waals surface area contributed by atoms with Gasteiger partial charge in [0.05, 0.1) is 0 Å². The van der Waals surface area contributed by atoms with Gasteiger partial charge >= 0.3 is 118 Å². The molecule has 0 aromatic carbocycles. The normalized spacial score (nSPS) is 14.8. The van der Waals surface area contributed by atoms with Gasteiger partial charge in [0, 0.05) is 0 Å². The molecule has 0 aliphatic rings. The maximum atomic E-state index is 2.66. The molecule has 0 N–H and O–H groups in total. The summed E-state index contributed by atoms with van der Waals surface area (Å²) in [6.07, 6.45) is 0. The Balaban J connectivity index is 0. The first-order valence-corrected chi connectivity index (χ1v) is 13.7. The Morgan fingerprint density at radius 2 is 0.667 bits per heavy atom. The van der Waals surface area contributed by atoms with Crippen molar-refractivity contribution in [3.05, 3.63) is 0 Å². The van der Waals surface area contributed by atoms with Crippen LogP contribution in [0.25, 0.3) is 0 Å². The maximum absolute atomic E-state index is 2.66. The van der Waals surface area contributed by atoms with Crippen LogP contribution in [0.2, 0.25) is 17.5 Å². The van der Waals surface area contributed by atoms with E-state index in [-0.39, 0.29) is 23.1 Å². The van der Waals surface area contributed by atoms with E-state index in [4.69, 9.17) is 0 Å². The molecule has 15 heavy (non-hydrogen) atoms. The Morgan fingerprint density at radius 3 is 0.667 bits per heavy atom. The van der Waals surface area contributed by atoms with Crippen molar-refractivity contribution in [3.8, 4) is 0 Å². The van der Waals surface area contributed by atoms with Gasteiger partial charge in [-0.05, 0) is 0 Å². The Hall–Kier alpha value is 1.39. The van der Waals surface area contributed by atoms with Gasteiger partial charge < -0.3 is 0 Å². The van der Waals surface area contributed by atoms with Crippen LogP contribution in [0, 0.1) is 0 Å². The zero-order chi connectivity index (χ0) is 12.0. The van der Waals surface area contributed by atoms with E-state index in [2.05, 4.69) is 67.8 Å². The van der Waals surface area contributed by atoms with Crippen molar-refractivity contribution in [2.24, 2.45) is 0 Å². The van der Waals surface area contributed by atoms with Crippen molar-refractivity contribution in [2.45, 2.75) is 79.9 Å². The smallest absolute Gasteiger partial charge is 2.00 e. The summed E-state index contributed by atoms with van der Waals surface area (Å²) < 4.78 is 1.63. The van der Waals surface area contributed by atoms with Crippen LogP contribution >= 0.6 is 0 Å². The molecule has 0 aromatic rings. The first-order valence-electron chi connectivity index (χ1n) is 6.27. The summed E-state index contributed by atoms with van der Waals surface area (Å²) >= 11 is -2.31. The average molecular weight is 276 g/mol. The monoisotopic (exact) mass is 274 g/mol. The maximum Gasteiger partial charge on any atom is 2.00 e. The topological polar surface area (TPSA) is 0 Å². The van der Waals surface area contributed by atoms with E-state index >= 15 is 0 Å². The summed E-state index contributed by atoms with van der Waals surface area (Å²) in [5, 5.41) is 0. The predicted molar refractivity (Wildman–Crippen MR) is 70.8 cm³/mol. The summed E-state index contributed by atoms with van der Waals surface area (Å²) in [5.41, 5.74) is 2.66. The zero-order valence-corrected chi connectivity index (χ0v) is 17.3. The van der Waals surface area contributed by atoms with Crippen molar-refractivity contribution < 1.29 is 14.8 Å². The average Bonchev–Trinajstić information content (AvgIpc) is 1.77. The van der Waals surface area contributed by atoms with Crippen LogP contribution in [0.1, 0.15) is 62.3 Å². The summed E-state index contributed by atoms with van der Waals surface area (Å²) in [6.45, 7) is 22.2. The molecule has 0 unspecified atom stereocenters. The summed E-state index contributed by atoms with van der Waals surface area (Å²) in [5.74, 6) is 0. The summed E-state index contributed by atoms with van der Waals surface area (Å²) in [4.78, 5) is 0. The standard InChI is InChI=1S/3C4H9.CH3.Mg.Zn/c3*1-4(2)3;;;/h3*1-3H3;1H3;;/q;;;;+2;-2. The van der Waals surface area contributed by atoms with Gasteiger partial charge in [0.2, 0.25) is 0 Å². The van der Waals surface area contributed by atoms with Gasteiger partial charge in [-0.1, -0.05) is 0 Å². The van der Waals surface area contributed by atoms with E-state index in [9.17, 15) is 0 Å².